The van der Waals surface area contributed by atoms with E-state index >= 15 is 0 Å². The third kappa shape index (κ3) is 2.23. The Kier molecular flexibility index (Phi) is 3.14. The van der Waals surface area contributed by atoms with Crippen molar-refractivity contribution in [1.82, 2.24) is 9.38 Å². The van der Waals surface area contributed by atoms with Crippen LogP contribution in [0.5, 0.6) is 0 Å². The van der Waals surface area contributed by atoms with E-state index < -0.39 is 0 Å². The normalized spacial score (nSPS) is 11.2. The highest BCUT2D eigenvalue weighted by Gasteiger charge is 2.13. The molecule has 0 aliphatic carbocycles. The van der Waals surface area contributed by atoms with Crippen LogP contribution in [0.1, 0.15) is 0 Å². The summed E-state index contributed by atoms with van der Waals surface area (Å²) in [5.41, 5.74) is 7.80. The minimum Gasteiger partial charge on any atom is -0.306 e. The van der Waals surface area contributed by atoms with Crippen molar-refractivity contribution in [3.05, 3.63) is 97.1 Å². The van der Waals surface area contributed by atoms with Gasteiger partial charge in [-0.2, -0.15) is 0 Å². The standard InChI is InChI=1S/C23H16N2/c1-3-9-17(10-4-1)20-15-16-22-23(18-11-5-2-6-12-18)24-19-13-7-8-14-21(19)25(20)22/h1-16H. The molecule has 0 N–H and O–H groups in total. The molecule has 25 heavy (non-hydrogen) atoms. The summed E-state index contributed by atoms with van der Waals surface area (Å²) in [6.07, 6.45) is 0. The minimum atomic E-state index is 1.00. The van der Waals surface area contributed by atoms with Crippen LogP contribution >= 0.6 is 0 Å². The summed E-state index contributed by atoms with van der Waals surface area (Å²) in [5.74, 6) is 0. The Hall–Kier alpha value is -3.39. The van der Waals surface area contributed by atoms with Crippen LogP contribution in [0.4, 0.5) is 0 Å². The monoisotopic (exact) mass is 320 g/mol. The van der Waals surface area contributed by atoms with Gasteiger partial charge in [0.05, 0.1) is 27.9 Å². The smallest absolute Gasteiger partial charge is 0.0950 e. The van der Waals surface area contributed by atoms with E-state index in [0.717, 1.165) is 27.8 Å². The molecule has 0 unspecified atom stereocenters. The second kappa shape index (κ2) is 5.60. The zero-order valence-electron chi connectivity index (χ0n) is 13.6. The van der Waals surface area contributed by atoms with Crippen molar-refractivity contribution in [2.45, 2.75) is 0 Å². The summed E-state index contributed by atoms with van der Waals surface area (Å²) in [5, 5.41) is 0. The fourth-order valence-corrected chi connectivity index (χ4v) is 3.45. The van der Waals surface area contributed by atoms with Gasteiger partial charge in [0.25, 0.3) is 0 Å². The molecular formula is C23H16N2. The van der Waals surface area contributed by atoms with Crippen LogP contribution in [0, 0.1) is 0 Å². The highest BCUT2D eigenvalue weighted by Crippen LogP contribution is 2.32. The molecule has 0 spiro atoms. The lowest BCUT2D eigenvalue weighted by Gasteiger charge is -2.11. The van der Waals surface area contributed by atoms with Crippen molar-refractivity contribution >= 4 is 16.6 Å². The molecule has 2 heteroatoms. The highest BCUT2D eigenvalue weighted by atomic mass is 15.0. The molecule has 2 nitrogen and oxygen atoms in total. The number of benzene rings is 3. The zero-order chi connectivity index (χ0) is 16.6. The van der Waals surface area contributed by atoms with Crippen LogP contribution in [-0.2, 0) is 0 Å². The summed E-state index contributed by atoms with van der Waals surface area (Å²) in [6.45, 7) is 0. The summed E-state index contributed by atoms with van der Waals surface area (Å²) >= 11 is 0. The van der Waals surface area contributed by atoms with Crippen molar-refractivity contribution in [2.75, 3.05) is 0 Å². The van der Waals surface area contributed by atoms with E-state index in [2.05, 4.69) is 83.3 Å². The molecule has 0 saturated heterocycles. The SMILES string of the molecule is c1ccc(-c2nc3ccccc3n3c(-c4ccccc4)ccc23)cc1. The van der Waals surface area contributed by atoms with Crippen molar-refractivity contribution in [3.63, 3.8) is 0 Å². The molecule has 5 aromatic rings. The molecule has 0 aliphatic heterocycles. The molecule has 2 aromatic heterocycles. The molecule has 0 amide bonds. The number of aromatic nitrogens is 2. The van der Waals surface area contributed by atoms with Gasteiger partial charge in [-0.3, -0.25) is 0 Å². The predicted octanol–water partition coefficient (Wildman–Crippen LogP) is 5.82. The summed E-state index contributed by atoms with van der Waals surface area (Å²) in [7, 11) is 0. The van der Waals surface area contributed by atoms with Gasteiger partial charge >= 0.3 is 0 Å². The maximum atomic E-state index is 4.96. The lowest BCUT2D eigenvalue weighted by Crippen LogP contribution is -1.96. The Bertz CT molecular complexity index is 1170. The van der Waals surface area contributed by atoms with Gasteiger partial charge in [0.1, 0.15) is 0 Å². The first kappa shape index (κ1) is 14.0. The first-order valence-corrected chi connectivity index (χ1v) is 8.43. The van der Waals surface area contributed by atoms with Crippen molar-refractivity contribution in [3.8, 4) is 22.5 Å². The molecule has 3 aromatic carbocycles. The Morgan fingerprint density at radius 2 is 1.16 bits per heavy atom. The molecule has 5 rings (SSSR count). The molecule has 0 bridgehead atoms. The fourth-order valence-electron chi connectivity index (χ4n) is 3.45. The molecule has 0 fully saturated rings. The largest absolute Gasteiger partial charge is 0.306 e. The van der Waals surface area contributed by atoms with Crippen molar-refractivity contribution in [1.29, 1.82) is 0 Å². The predicted molar refractivity (Wildman–Crippen MR) is 104 cm³/mol. The van der Waals surface area contributed by atoms with Crippen LogP contribution in [-0.4, -0.2) is 9.38 Å². The molecule has 0 saturated carbocycles. The number of hydrogen-bond acceptors (Lipinski definition) is 1. The van der Waals surface area contributed by atoms with Crippen molar-refractivity contribution in [2.24, 2.45) is 0 Å². The van der Waals surface area contributed by atoms with Crippen molar-refractivity contribution < 1.29 is 0 Å². The van der Waals surface area contributed by atoms with Crippen LogP contribution in [0.25, 0.3) is 39.1 Å². The first-order chi connectivity index (χ1) is 12.4. The van der Waals surface area contributed by atoms with E-state index in [1.807, 2.05) is 18.2 Å². The van der Waals surface area contributed by atoms with E-state index in [1.165, 1.54) is 11.3 Å². The van der Waals surface area contributed by atoms with Gasteiger partial charge in [0.15, 0.2) is 0 Å². The van der Waals surface area contributed by atoms with E-state index in [0.29, 0.717) is 0 Å². The fraction of sp³-hybridized carbons (Fsp3) is 0. The van der Waals surface area contributed by atoms with Gasteiger partial charge in [0, 0.05) is 5.56 Å². The van der Waals surface area contributed by atoms with Gasteiger partial charge in [-0.15, -0.1) is 0 Å². The maximum absolute atomic E-state index is 4.96. The van der Waals surface area contributed by atoms with Gasteiger partial charge in [-0.1, -0.05) is 72.8 Å². The Morgan fingerprint density at radius 3 is 1.92 bits per heavy atom. The second-order valence-corrected chi connectivity index (χ2v) is 6.12. The van der Waals surface area contributed by atoms with Gasteiger partial charge in [-0.05, 0) is 29.8 Å². The minimum absolute atomic E-state index is 1.00. The summed E-state index contributed by atoms with van der Waals surface area (Å²) < 4.78 is 2.32. The van der Waals surface area contributed by atoms with Crippen LogP contribution in [0.15, 0.2) is 97.1 Å². The lowest BCUT2D eigenvalue weighted by atomic mass is 10.1. The average Bonchev–Trinajstić information content (AvgIpc) is 3.14. The Morgan fingerprint density at radius 1 is 0.520 bits per heavy atom. The molecule has 0 atom stereocenters. The highest BCUT2D eigenvalue weighted by molar-refractivity contribution is 5.90. The average molecular weight is 320 g/mol. The molecule has 0 aliphatic rings. The first-order valence-electron chi connectivity index (χ1n) is 8.43. The summed E-state index contributed by atoms with van der Waals surface area (Å²) in [6, 6.07) is 33.6. The van der Waals surface area contributed by atoms with Gasteiger partial charge < -0.3 is 4.40 Å². The van der Waals surface area contributed by atoms with E-state index in [-0.39, 0.29) is 0 Å². The third-order valence-corrected chi connectivity index (χ3v) is 4.60. The molecular weight excluding hydrogens is 304 g/mol. The number of rotatable bonds is 2. The lowest BCUT2D eigenvalue weighted by molar-refractivity contribution is 1.23. The second-order valence-electron chi connectivity index (χ2n) is 6.12. The Labute approximate surface area is 146 Å². The topological polar surface area (TPSA) is 17.3 Å². The van der Waals surface area contributed by atoms with E-state index in [1.54, 1.807) is 0 Å². The number of nitrogens with zero attached hydrogens (tertiary/aromatic N) is 2. The summed E-state index contributed by atoms with van der Waals surface area (Å²) in [4.78, 5) is 4.96. The third-order valence-electron chi connectivity index (χ3n) is 4.60. The number of hydrogen-bond donors (Lipinski definition) is 0. The van der Waals surface area contributed by atoms with Crippen LogP contribution in [0.3, 0.4) is 0 Å². The van der Waals surface area contributed by atoms with E-state index in [4.69, 9.17) is 4.98 Å². The number of para-hydroxylation sites is 2. The molecule has 118 valence electrons. The zero-order valence-corrected chi connectivity index (χ0v) is 13.6. The maximum Gasteiger partial charge on any atom is 0.0950 e. The van der Waals surface area contributed by atoms with Crippen LogP contribution in [0.2, 0.25) is 0 Å². The van der Waals surface area contributed by atoms with E-state index in [9.17, 15) is 0 Å². The van der Waals surface area contributed by atoms with Gasteiger partial charge in [-0.25, -0.2) is 4.98 Å². The van der Waals surface area contributed by atoms with Crippen LogP contribution < -0.4 is 0 Å². The Balaban J connectivity index is 1.93. The molecule has 0 radical (unpaired) electrons. The van der Waals surface area contributed by atoms with Gasteiger partial charge in [0.2, 0.25) is 0 Å². The number of fused-ring (bicyclic) bond motifs is 3. The quantitative estimate of drug-likeness (QED) is 0.400. The molecule has 2 heterocycles.